The Bertz CT molecular complexity index is 182. The molecular weight excluding hydrogens is 296 g/mol. The summed E-state index contributed by atoms with van der Waals surface area (Å²) in [5.41, 5.74) is 10.5. The van der Waals surface area contributed by atoms with Crippen LogP contribution in [0.2, 0.25) is 0 Å². The Kier molecular flexibility index (Phi) is 40.9. The molecule has 0 heterocycles. The quantitative estimate of drug-likeness (QED) is 0.297. The molecule has 0 rings (SSSR count). The molecule has 10 nitrogen and oxygen atoms in total. The number of nitrogens with two attached hydrogens (primary N) is 2. The smallest absolute Gasteiger partial charge is 0.291 e. The van der Waals surface area contributed by atoms with Crippen molar-refractivity contribution in [1.82, 2.24) is 0 Å². The molecule has 0 bridgehead atoms. The van der Waals surface area contributed by atoms with Gasteiger partial charge in [0.15, 0.2) is 0 Å². The van der Waals surface area contributed by atoms with E-state index in [9.17, 15) is 0 Å². The highest BCUT2D eigenvalue weighted by atomic mass is 16.9. The summed E-state index contributed by atoms with van der Waals surface area (Å²) in [7, 11) is 0. The van der Waals surface area contributed by atoms with Crippen molar-refractivity contribution in [2.24, 2.45) is 11.5 Å². The zero-order valence-corrected chi connectivity index (χ0v) is 13.6. The minimum atomic E-state index is -1.50. The van der Waals surface area contributed by atoms with Crippen molar-refractivity contribution < 1.29 is 20.6 Å². The van der Waals surface area contributed by atoms with Crippen molar-refractivity contribution >= 4 is 0 Å². The molecule has 0 spiro atoms. The van der Waals surface area contributed by atoms with Crippen LogP contribution in [-0.4, -0.2) is 33.7 Å². The molecule has 0 aromatic carbocycles. The van der Waals surface area contributed by atoms with Crippen LogP contribution in [0.5, 0.6) is 0 Å². The van der Waals surface area contributed by atoms with Crippen molar-refractivity contribution in [1.29, 1.82) is 0 Å². The van der Waals surface area contributed by atoms with Crippen LogP contribution >= 0.6 is 0 Å². The second kappa shape index (κ2) is 31.6. The molecule has 0 unspecified atom stereocenters. The van der Waals surface area contributed by atoms with E-state index in [0.29, 0.717) is 0 Å². The van der Waals surface area contributed by atoms with Crippen LogP contribution in [0.25, 0.3) is 0 Å². The molecule has 0 radical (unpaired) electrons. The summed E-state index contributed by atoms with van der Waals surface area (Å²) in [5, 5.41) is 27.3. The first-order valence-corrected chi connectivity index (χ1v) is 7.36. The van der Waals surface area contributed by atoms with Gasteiger partial charge in [0.2, 0.25) is 0 Å². The third kappa shape index (κ3) is 138. The van der Waals surface area contributed by atoms with Crippen LogP contribution in [-0.2, 0) is 0 Å². The van der Waals surface area contributed by atoms with Crippen molar-refractivity contribution in [3.8, 4) is 0 Å². The van der Waals surface area contributed by atoms with Gasteiger partial charge < -0.3 is 21.9 Å². The van der Waals surface area contributed by atoms with Crippen LogP contribution in [0.1, 0.15) is 65.2 Å². The molecule has 0 atom stereocenters. The van der Waals surface area contributed by atoms with Crippen LogP contribution in [0, 0.1) is 20.2 Å². The number of hydrogen-bond acceptors (Lipinski definition) is 6. The number of hydrogen-bond donors (Lipinski definition) is 4. The molecule has 0 saturated carbocycles. The van der Waals surface area contributed by atoms with Crippen LogP contribution in [0.3, 0.4) is 0 Å². The molecule has 10 heteroatoms. The first-order valence-electron chi connectivity index (χ1n) is 7.36. The van der Waals surface area contributed by atoms with E-state index in [4.69, 9.17) is 42.1 Å². The SMILES string of the molecule is CCCCCCN.CCCCCCN.O=[N+]([O-])O.O=[N+]([O-])O. The maximum absolute atomic E-state index is 8.36. The fourth-order valence-corrected chi connectivity index (χ4v) is 1.14. The molecule has 0 fully saturated rings. The predicted octanol–water partition coefficient (Wildman–Crippen LogP) is 2.36. The first kappa shape index (κ1) is 28.5. The lowest BCUT2D eigenvalue weighted by Crippen LogP contribution is -1.97. The van der Waals surface area contributed by atoms with Gasteiger partial charge in [-0.2, -0.15) is 0 Å². The zero-order chi connectivity index (χ0) is 18.2. The summed E-state index contributed by atoms with van der Waals surface area (Å²) in [6, 6.07) is 0. The molecule has 6 N–H and O–H groups in total. The Balaban J connectivity index is -0.000000102. The third-order valence-electron chi connectivity index (χ3n) is 2.12. The van der Waals surface area contributed by atoms with Gasteiger partial charge in [-0.25, -0.2) is 0 Å². The Morgan fingerprint density at radius 1 is 0.727 bits per heavy atom. The Morgan fingerprint density at radius 3 is 1.09 bits per heavy atom. The fourth-order valence-electron chi connectivity index (χ4n) is 1.14. The highest BCUT2D eigenvalue weighted by Gasteiger charge is 1.80. The summed E-state index contributed by atoms with van der Waals surface area (Å²) >= 11 is 0. The van der Waals surface area contributed by atoms with E-state index in [2.05, 4.69) is 13.8 Å². The monoisotopic (exact) mass is 328 g/mol. The molecule has 136 valence electrons. The van der Waals surface area contributed by atoms with Crippen LogP contribution in [0.15, 0.2) is 0 Å². The van der Waals surface area contributed by atoms with Gasteiger partial charge in [-0.15, -0.1) is 20.2 Å². The molecule has 0 aromatic heterocycles. The number of nitrogens with zero attached hydrogens (tertiary/aromatic N) is 2. The van der Waals surface area contributed by atoms with Gasteiger partial charge in [0, 0.05) is 0 Å². The van der Waals surface area contributed by atoms with E-state index < -0.39 is 10.2 Å². The Labute approximate surface area is 131 Å². The third-order valence-corrected chi connectivity index (χ3v) is 2.12. The maximum Gasteiger partial charge on any atom is 0.291 e. The normalized spacial score (nSPS) is 8.18. The van der Waals surface area contributed by atoms with Gasteiger partial charge in [-0.05, 0) is 25.9 Å². The molecule has 22 heavy (non-hydrogen) atoms. The lowest BCUT2D eigenvalue weighted by atomic mass is 10.2. The van der Waals surface area contributed by atoms with Gasteiger partial charge >= 0.3 is 0 Å². The van der Waals surface area contributed by atoms with E-state index in [1.807, 2.05) is 0 Å². The lowest BCUT2D eigenvalue weighted by Gasteiger charge is -1.90. The van der Waals surface area contributed by atoms with Crippen LogP contribution < -0.4 is 11.5 Å². The molecular formula is C12H32N4O6. The average Bonchev–Trinajstić information content (AvgIpc) is 2.39. The summed E-state index contributed by atoms with van der Waals surface area (Å²) in [6.45, 7) is 6.13. The van der Waals surface area contributed by atoms with Crippen molar-refractivity contribution in [3.05, 3.63) is 20.2 Å². The summed E-state index contributed by atoms with van der Waals surface area (Å²) in [5.74, 6) is 0. The maximum atomic E-state index is 8.36. The van der Waals surface area contributed by atoms with E-state index in [0.717, 1.165) is 13.1 Å². The summed E-state index contributed by atoms with van der Waals surface area (Å²) in [6.07, 6.45) is 10.3. The molecule has 0 saturated heterocycles. The standard InChI is InChI=1S/2C6H15N.2HNO3/c2*1-2-3-4-5-6-7;2*2-1(3)4/h2*2-7H2,1H3;2*(H,2,3,4). The lowest BCUT2D eigenvalue weighted by molar-refractivity contribution is -0.742. The zero-order valence-electron chi connectivity index (χ0n) is 13.6. The van der Waals surface area contributed by atoms with Crippen molar-refractivity contribution in [2.75, 3.05) is 13.1 Å². The minimum absolute atomic E-state index is 0.861. The van der Waals surface area contributed by atoms with E-state index >= 15 is 0 Å². The van der Waals surface area contributed by atoms with E-state index in [1.54, 1.807) is 0 Å². The van der Waals surface area contributed by atoms with Gasteiger partial charge in [0.25, 0.3) is 10.2 Å². The number of unbranched alkanes of at least 4 members (excludes halogenated alkanes) is 6. The average molecular weight is 328 g/mol. The van der Waals surface area contributed by atoms with Crippen molar-refractivity contribution in [2.45, 2.75) is 65.2 Å². The van der Waals surface area contributed by atoms with Crippen LogP contribution in [0.4, 0.5) is 0 Å². The van der Waals surface area contributed by atoms with Gasteiger partial charge in [0.05, 0.1) is 0 Å². The van der Waals surface area contributed by atoms with Gasteiger partial charge in [0.1, 0.15) is 0 Å². The minimum Gasteiger partial charge on any atom is -0.330 e. The molecule has 0 aliphatic heterocycles. The highest BCUT2D eigenvalue weighted by molar-refractivity contribution is 4.39. The fraction of sp³-hybridized carbons (Fsp3) is 1.00. The van der Waals surface area contributed by atoms with Gasteiger partial charge in [-0.1, -0.05) is 52.4 Å². The van der Waals surface area contributed by atoms with E-state index in [1.165, 1.54) is 51.4 Å². The Hall–Kier alpha value is -1.68. The summed E-state index contributed by atoms with van der Waals surface area (Å²) < 4.78 is 0. The summed E-state index contributed by atoms with van der Waals surface area (Å²) in [4.78, 5) is 16.7. The van der Waals surface area contributed by atoms with Crippen molar-refractivity contribution in [3.63, 3.8) is 0 Å². The second-order valence-electron chi connectivity index (χ2n) is 4.17. The second-order valence-corrected chi connectivity index (χ2v) is 4.17. The highest BCUT2D eigenvalue weighted by Crippen LogP contribution is 1.95. The number of rotatable bonds is 8. The predicted molar refractivity (Wildman–Crippen MR) is 84.0 cm³/mol. The first-order chi connectivity index (χ1) is 10.3. The largest absolute Gasteiger partial charge is 0.330 e. The van der Waals surface area contributed by atoms with E-state index in [-0.39, 0.29) is 0 Å². The molecule has 0 aliphatic rings. The Morgan fingerprint density at radius 2 is 0.955 bits per heavy atom. The topological polar surface area (TPSA) is 179 Å². The molecule has 0 amide bonds. The molecule has 0 aliphatic carbocycles. The molecule has 0 aromatic rings. The van der Waals surface area contributed by atoms with Gasteiger partial charge in [-0.3, -0.25) is 0 Å².